The molecule has 0 radical (unpaired) electrons. The summed E-state index contributed by atoms with van der Waals surface area (Å²) < 4.78 is 0. The van der Waals surface area contributed by atoms with Crippen LogP contribution in [0.4, 0.5) is 5.69 Å². The van der Waals surface area contributed by atoms with Crippen molar-refractivity contribution in [2.24, 2.45) is 0 Å². The van der Waals surface area contributed by atoms with E-state index in [0.717, 1.165) is 5.69 Å². The van der Waals surface area contributed by atoms with Crippen LogP contribution in [0.5, 0.6) is 0 Å². The van der Waals surface area contributed by atoms with Crippen LogP contribution in [-0.4, -0.2) is 7.05 Å². The molecule has 0 fully saturated rings. The summed E-state index contributed by atoms with van der Waals surface area (Å²) in [5.41, 5.74) is 3.69. The van der Waals surface area contributed by atoms with Gasteiger partial charge in [-0.15, -0.1) is 25.1 Å². The number of hydrogen-bond acceptors (Lipinski definition) is 0. The van der Waals surface area contributed by atoms with Crippen LogP contribution < -0.4 is 0 Å². The van der Waals surface area contributed by atoms with Crippen molar-refractivity contribution in [1.82, 2.24) is 0 Å². The Labute approximate surface area is 93.1 Å². The summed E-state index contributed by atoms with van der Waals surface area (Å²) in [5, 5.41) is 4.13. The van der Waals surface area contributed by atoms with E-state index in [-0.39, 0.29) is 31.9 Å². The van der Waals surface area contributed by atoms with Gasteiger partial charge >= 0.3 is 0 Å². The third-order valence-electron chi connectivity index (χ3n) is 1.82. The van der Waals surface area contributed by atoms with Crippen LogP contribution in [0.1, 0.15) is 11.1 Å². The van der Waals surface area contributed by atoms with E-state index in [4.69, 9.17) is 0 Å². The number of rotatable bonds is 1. The molecule has 1 aromatic rings. The topological polar surface area (TPSA) is 14.1 Å². The molecule has 0 N–H and O–H groups in total. The van der Waals surface area contributed by atoms with Gasteiger partial charge in [0.05, 0.1) is 0 Å². The van der Waals surface area contributed by atoms with Crippen molar-refractivity contribution in [3.05, 3.63) is 34.6 Å². The zero-order valence-corrected chi connectivity index (χ0v) is 11.6. The molecule has 0 aliphatic heterocycles. The fourth-order valence-electron chi connectivity index (χ4n) is 0.978. The third kappa shape index (κ3) is 3.12. The fraction of sp³-hybridized carbons (Fsp3) is 0.333. The molecule has 0 bridgehead atoms. The minimum Gasteiger partial charge on any atom is -0.687 e. The SMILES string of the molecule is C[N-]c1cccc(C)c1C.Cl.[Zn]. The Morgan fingerprint density at radius 2 is 1.75 bits per heavy atom. The summed E-state index contributed by atoms with van der Waals surface area (Å²) in [4.78, 5) is 0. The monoisotopic (exact) mass is 234 g/mol. The van der Waals surface area contributed by atoms with Crippen molar-refractivity contribution >= 4 is 18.1 Å². The van der Waals surface area contributed by atoms with E-state index in [9.17, 15) is 0 Å². The van der Waals surface area contributed by atoms with Gasteiger partial charge in [-0.2, -0.15) is 0 Å². The Hall–Kier alpha value is -0.0666. The molecule has 0 amide bonds. The van der Waals surface area contributed by atoms with Crippen LogP contribution >= 0.6 is 12.4 Å². The first-order valence-electron chi connectivity index (χ1n) is 3.41. The second-order valence-corrected chi connectivity index (χ2v) is 2.44. The van der Waals surface area contributed by atoms with E-state index in [1.165, 1.54) is 11.1 Å². The van der Waals surface area contributed by atoms with Crippen LogP contribution in [0, 0.1) is 13.8 Å². The average Bonchev–Trinajstić information content (AvgIpc) is 1.95. The van der Waals surface area contributed by atoms with Gasteiger partial charge in [0, 0.05) is 19.5 Å². The van der Waals surface area contributed by atoms with E-state index < -0.39 is 0 Å². The third-order valence-corrected chi connectivity index (χ3v) is 1.82. The zero-order valence-electron chi connectivity index (χ0n) is 7.79. The second kappa shape index (κ2) is 6.45. The van der Waals surface area contributed by atoms with Gasteiger partial charge in [-0.05, 0) is 19.4 Å². The van der Waals surface area contributed by atoms with Crippen molar-refractivity contribution in [2.45, 2.75) is 13.8 Å². The van der Waals surface area contributed by atoms with Crippen molar-refractivity contribution < 1.29 is 19.5 Å². The van der Waals surface area contributed by atoms with Gasteiger partial charge in [0.1, 0.15) is 0 Å². The molecule has 3 heteroatoms. The molecule has 0 atom stereocenters. The number of hydrogen-bond donors (Lipinski definition) is 0. The molecule has 0 unspecified atom stereocenters. The summed E-state index contributed by atoms with van der Waals surface area (Å²) in [7, 11) is 1.82. The van der Waals surface area contributed by atoms with Crippen LogP contribution in [-0.2, 0) is 19.5 Å². The van der Waals surface area contributed by atoms with Crippen molar-refractivity contribution in [3.8, 4) is 0 Å². The number of benzene rings is 1. The van der Waals surface area contributed by atoms with Crippen LogP contribution in [0.2, 0.25) is 0 Å². The number of aryl methyl sites for hydroxylation is 1. The predicted octanol–water partition coefficient (Wildman–Crippen LogP) is 3.36. The zero-order chi connectivity index (χ0) is 7.56. The minimum atomic E-state index is 0. The average molecular weight is 236 g/mol. The molecule has 1 rings (SSSR count). The van der Waals surface area contributed by atoms with Crippen molar-refractivity contribution in [1.29, 1.82) is 0 Å². The second-order valence-electron chi connectivity index (χ2n) is 2.44. The molecular weight excluding hydrogens is 223 g/mol. The van der Waals surface area contributed by atoms with Crippen molar-refractivity contribution in [2.75, 3.05) is 7.05 Å². The Morgan fingerprint density at radius 3 is 2.17 bits per heavy atom. The van der Waals surface area contributed by atoms with Crippen LogP contribution in [0.15, 0.2) is 18.2 Å². The van der Waals surface area contributed by atoms with Gasteiger partial charge in [0.15, 0.2) is 0 Å². The molecule has 0 saturated heterocycles. The molecule has 0 spiro atoms. The van der Waals surface area contributed by atoms with E-state index >= 15 is 0 Å². The summed E-state index contributed by atoms with van der Waals surface area (Å²) in [6.45, 7) is 4.20. The van der Waals surface area contributed by atoms with Crippen LogP contribution in [0.25, 0.3) is 5.32 Å². The fourth-order valence-corrected chi connectivity index (χ4v) is 0.978. The Morgan fingerprint density at radius 1 is 1.17 bits per heavy atom. The summed E-state index contributed by atoms with van der Waals surface area (Å²) in [5.74, 6) is 0. The molecule has 1 aromatic carbocycles. The number of halogens is 1. The maximum atomic E-state index is 4.13. The van der Waals surface area contributed by atoms with Gasteiger partial charge in [0.25, 0.3) is 0 Å². The number of nitrogens with zero attached hydrogens (tertiary/aromatic N) is 1. The van der Waals surface area contributed by atoms with Crippen LogP contribution in [0.3, 0.4) is 0 Å². The molecular formula is C9H13ClNZn-. The van der Waals surface area contributed by atoms with Gasteiger partial charge in [-0.1, -0.05) is 23.8 Å². The smallest absolute Gasteiger partial charge is 0 e. The molecule has 0 aromatic heterocycles. The van der Waals surface area contributed by atoms with Gasteiger partial charge in [-0.25, -0.2) is 0 Å². The largest absolute Gasteiger partial charge is 0.687 e. The standard InChI is InChI=1S/C9H12N.ClH.Zn/c1-7-5-4-6-9(10-3)8(7)2;;/h4-6H,1-3H3;1H;/q-1;;. The van der Waals surface area contributed by atoms with Crippen molar-refractivity contribution in [3.63, 3.8) is 0 Å². The first kappa shape index (κ1) is 14.5. The molecule has 0 heterocycles. The molecule has 64 valence electrons. The summed E-state index contributed by atoms with van der Waals surface area (Å²) in [6.07, 6.45) is 0. The Bertz CT molecular complexity index is 238. The normalized spacial score (nSPS) is 7.92. The molecule has 1 nitrogen and oxygen atoms in total. The Kier molecular flexibility index (Phi) is 7.77. The first-order chi connectivity index (χ1) is 4.75. The molecule has 12 heavy (non-hydrogen) atoms. The molecule has 0 saturated carbocycles. The summed E-state index contributed by atoms with van der Waals surface area (Å²) >= 11 is 0. The van der Waals surface area contributed by atoms with Gasteiger partial charge in [0.2, 0.25) is 0 Å². The summed E-state index contributed by atoms with van der Waals surface area (Å²) in [6, 6.07) is 6.16. The Balaban J connectivity index is 0. The van der Waals surface area contributed by atoms with E-state index in [2.05, 4.69) is 25.2 Å². The van der Waals surface area contributed by atoms with Gasteiger partial charge < -0.3 is 5.32 Å². The van der Waals surface area contributed by atoms with E-state index in [1.807, 2.05) is 19.2 Å². The molecule has 0 aliphatic rings. The van der Waals surface area contributed by atoms with E-state index in [1.54, 1.807) is 0 Å². The molecule has 0 aliphatic carbocycles. The quantitative estimate of drug-likeness (QED) is 0.664. The first-order valence-corrected chi connectivity index (χ1v) is 3.41. The van der Waals surface area contributed by atoms with E-state index in [0.29, 0.717) is 0 Å². The van der Waals surface area contributed by atoms with Gasteiger partial charge in [-0.3, -0.25) is 0 Å². The maximum absolute atomic E-state index is 4.13. The maximum Gasteiger partial charge on any atom is 0 e. The predicted molar refractivity (Wildman–Crippen MR) is 52.1 cm³/mol. The minimum absolute atomic E-state index is 0.